The Hall–Kier alpha value is -2.50. The minimum absolute atomic E-state index is 0.440. The first-order chi connectivity index (χ1) is 12.8. The van der Waals surface area contributed by atoms with Gasteiger partial charge in [-0.2, -0.15) is 0 Å². The Morgan fingerprint density at radius 1 is 0.741 bits per heavy atom. The second-order valence-corrected chi connectivity index (χ2v) is 7.72. The first-order valence-corrected chi connectivity index (χ1v) is 9.11. The molecule has 0 unspecified atom stereocenters. The van der Waals surface area contributed by atoms with Crippen LogP contribution in [0.25, 0.3) is 22.5 Å². The number of rotatable bonds is 6. The predicted octanol–water partition coefficient (Wildman–Crippen LogP) is 3.35. The molecule has 0 spiro atoms. The summed E-state index contributed by atoms with van der Waals surface area (Å²) in [6, 6.07) is 22.0. The van der Waals surface area contributed by atoms with Gasteiger partial charge in [0, 0.05) is 11.1 Å². The van der Waals surface area contributed by atoms with E-state index < -0.39 is 11.2 Å². The third-order valence-corrected chi connectivity index (χ3v) is 5.06. The van der Waals surface area contributed by atoms with E-state index in [4.69, 9.17) is 4.65 Å². The maximum absolute atomic E-state index is 10.2. The number of hydrogen-bond donors (Lipinski definition) is 1. The van der Waals surface area contributed by atoms with Crippen LogP contribution in [-0.2, 0) is 4.65 Å². The number of aromatic nitrogens is 2. The van der Waals surface area contributed by atoms with E-state index in [0.717, 1.165) is 28.0 Å². The highest BCUT2D eigenvalue weighted by molar-refractivity contribution is 6.47. The van der Waals surface area contributed by atoms with Gasteiger partial charge in [0.1, 0.15) is 0 Å². The van der Waals surface area contributed by atoms with Crippen LogP contribution < -0.4 is 5.46 Å². The molecule has 0 aliphatic rings. The lowest BCUT2D eigenvalue weighted by Crippen LogP contribution is -2.49. The van der Waals surface area contributed by atoms with Gasteiger partial charge in [-0.15, -0.1) is 10.2 Å². The molecule has 1 heterocycles. The number of hydrogen-bond acceptors (Lipinski definition) is 4. The van der Waals surface area contributed by atoms with Crippen LogP contribution in [0.3, 0.4) is 0 Å². The fraction of sp³-hybridized carbons (Fsp3) is 0.273. The topological polar surface area (TPSA) is 55.2 Å². The van der Waals surface area contributed by atoms with E-state index in [1.165, 1.54) is 0 Å². The highest BCUT2D eigenvalue weighted by Crippen LogP contribution is 2.24. The zero-order chi connectivity index (χ0) is 19.5. The van der Waals surface area contributed by atoms with Gasteiger partial charge in [0.25, 0.3) is 0 Å². The van der Waals surface area contributed by atoms with Crippen LogP contribution in [0.4, 0.5) is 0 Å². The third-order valence-electron chi connectivity index (χ3n) is 5.06. The molecule has 0 aliphatic carbocycles. The number of benzene rings is 2. The van der Waals surface area contributed by atoms with Crippen molar-refractivity contribution in [1.29, 1.82) is 0 Å². The first kappa shape index (κ1) is 19.3. The lowest BCUT2D eigenvalue weighted by atomic mass is 9.82. The van der Waals surface area contributed by atoms with Crippen LogP contribution in [0, 0.1) is 0 Å². The van der Waals surface area contributed by atoms with Gasteiger partial charge in [-0.3, -0.25) is 0 Å². The van der Waals surface area contributed by atoms with E-state index in [2.05, 4.69) is 10.2 Å². The summed E-state index contributed by atoms with van der Waals surface area (Å²) in [5, 5.41) is 18.9. The summed E-state index contributed by atoms with van der Waals surface area (Å²) in [7, 11) is 0.440. The van der Waals surface area contributed by atoms with Crippen molar-refractivity contribution in [3.05, 3.63) is 66.7 Å². The second kappa shape index (κ2) is 7.63. The maximum atomic E-state index is 10.2. The summed E-state index contributed by atoms with van der Waals surface area (Å²) >= 11 is 0. The van der Waals surface area contributed by atoms with Gasteiger partial charge >= 0.3 is 7.48 Å². The highest BCUT2D eigenvalue weighted by Gasteiger charge is 2.35. The van der Waals surface area contributed by atoms with Crippen molar-refractivity contribution in [2.24, 2.45) is 0 Å². The van der Waals surface area contributed by atoms with Gasteiger partial charge in [-0.1, -0.05) is 60.1 Å². The summed E-state index contributed by atoms with van der Waals surface area (Å²) in [4.78, 5) is 0. The molecule has 4 nitrogen and oxygen atoms in total. The lowest BCUT2D eigenvalue weighted by Gasteiger charge is -2.37. The van der Waals surface area contributed by atoms with Crippen LogP contribution in [0.2, 0.25) is 0 Å². The zero-order valence-corrected chi connectivity index (χ0v) is 16.3. The monoisotopic (exact) mass is 360 g/mol. The van der Waals surface area contributed by atoms with Crippen molar-refractivity contribution in [3.8, 4) is 22.5 Å². The maximum Gasteiger partial charge on any atom is 0.309 e. The molecule has 0 aliphatic heterocycles. The Morgan fingerprint density at radius 2 is 1.26 bits per heavy atom. The largest absolute Gasteiger partial charge is 0.427 e. The first-order valence-electron chi connectivity index (χ1n) is 9.11. The van der Waals surface area contributed by atoms with Crippen molar-refractivity contribution in [2.45, 2.75) is 38.9 Å². The van der Waals surface area contributed by atoms with Gasteiger partial charge in [0.15, 0.2) is 0 Å². The summed E-state index contributed by atoms with van der Waals surface area (Å²) in [6.07, 6.45) is 0. The molecule has 0 fully saturated rings. The van der Waals surface area contributed by atoms with Gasteiger partial charge in [0.05, 0.1) is 22.6 Å². The van der Waals surface area contributed by atoms with Crippen molar-refractivity contribution in [3.63, 3.8) is 0 Å². The molecule has 5 heteroatoms. The number of nitrogens with zero attached hydrogens (tertiary/aromatic N) is 2. The molecule has 3 aromatic rings. The summed E-state index contributed by atoms with van der Waals surface area (Å²) in [5.74, 6) is 0. The van der Waals surface area contributed by atoms with E-state index in [0.29, 0.717) is 7.48 Å². The predicted molar refractivity (Wildman–Crippen MR) is 111 cm³/mol. The molecule has 138 valence electrons. The minimum Gasteiger partial charge on any atom is -0.427 e. The van der Waals surface area contributed by atoms with Gasteiger partial charge in [-0.05, 0) is 39.8 Å². The van der Waals surface area contributed by atoms with E-state index in [9.17, 15) is 5.11 Å². The SMILES string of the molecule is CC(C)(O)C(C)(C)OBc1ccc(-c2ccc(-c3ccccc3)nn2)cc1. The van der Waals surface area contributed by atoms with Crippen LogP contribution in [-0.4, -0.2) is 34.0 Å². The van der Waals surface area contributed by atoms with Crippen molar-refractivity contribution >= 4 is 12.9 Å². The Kier molecular flexibility index (Phi) is 5.44. The van der Waals surface area contributed by atoms with Crippen molar-refractivity contribution < 1.29 is 9.76 Å². The van der Waals surface area contributed by atoms with E-state index in [1.54, 1.807) is 13.8 Å². The molecule has 0 bridgehead atoms. The molecule has 1 aromatic heterocycles. The third kappa shape index (κ3) is 4.62. The fourth-order valence-electron chi connectivity index (χ4n) is 2.46. The molecule has 1 N–H and O–H groups in total. The van der Waals surface area contributed by atoms with E-state index in [-0.39, 0.29) is 0 Å². The van der Waals surface area contributed by atoms with Crippen molar-refractivity contribution in [2.75, 3.05) is 0 Å². The summed E-state index contributed by atoms with van der Waals surface area (Å²) in [5.41, 5.74) is 3.25. The second-order valence-electron chi connectivity index (χ2n) is 7.72. The Balaban J connectivity index is 1.69. The molecule has 27 heavy (non-hydrogen) atoms. The van der Waals surface area contributed by atoms with Crippen LogP contribution >= 0.6 is 0 Å². The van der Waals surface area contributed by atoms with E-state index in [1.807, 2.05) is 80.6 Å². The highest BCUT2D eigenvalue weighted by atomic mass is 16.5. The van der Waals surface area contributed by atoms with Gasteiger partial charge in [-0.25, -0.2) is 0 Å². The minimum atomic E-state index is -0.914. The normalized spacial score (nSPS) is 12.0. The van der Waals surface area contributed by atoms with Gasteiger partial charge in [0.2, 0.25) is 0 Å². The molecular weight excluding hydrogens is 335 g/mol. The molecule has 2 aromatic carbocycles. The average Bonchev–Trinajstić information content (AvgIpc) is 2.67. The fourth-order valence-corrected chi connectivity index (χ4v) is 2.46. The molecule has 0 radical (unpaired) electrons. The van der Waals surface area contributed by atoms with Crippen LogP contribution in [0.1, 0.15) is 27.7 Å². The molecular formula is C22H25BN2O2. The smallest absolute Gasteiger partial charge is 0.309 e. The summed E-state index contributed by atoms with van der Waals surface area (Å²) < 4.78 is 5.91. The lowest BCUT2D eigenvalue weighted by molar-refractivity contribution is -0.0893. The molecule has 0 atom stereocenters. The molecule has 0 saturated heterocycles. The number of aliphatic hydroxyl groups is 1. The van der Waals surface area contributed by atoms with Crippen LogP contribution in [0.5, 0.6) is 0 Å². The Morgan fingerprint density at radius 3 is 1.74 bits per heavy atom. The average molecular weight is 360 g/mol. The summed E-state index contributed by atoms with van der Waals surface area (Å²) in [6.45, 7) is 7.30. The van der Waals surface area contributed by atoms with Crippen molar-refractivity contribution in [1.82, 2.24) is 10.2 Å². The van der Waals surface area contributed by atoms with Gasteiger partial charge < -0.3 is 9.76 Å². The standard InChI is InChI=1S/C22H25BN2O2/c1-21(2,26)22(3,4)27-23-18-12-10-17(11-13-18)20-15-14-19(24-25-20)16-8-6-5-7-9-16/h5-15,23,26H,1-4H3. The Bertz CT molecular complexity index is 871. The van der Waals surface area contributed by atoms with E-state index >= 15 is 0 Å². The molecule has 0 amide bonds. The zero-order valence-electron chi connectivity index (χ0n) is 16.3. The molecule has 3 rings (SSSR count). The molecule has 0 saturated carbocycles. The quantitative estimate of drug-likeness (QED) is 0.685. The Labute approximate surface area is 161 Å². The van der Waals surface area contributed by atoms with Crippen LogP contribution in [0.15, 0.2) is 66.7 Å².